The molecule has 0 spiro atoms. The Kier molecular flexibility index (Phi) is 4.81. The summed E-state index contributed by atoms with van der Waals surface area (Å²) in [5.74, 6) is -0.356. The fraction of sp³-hybridized carbons (Fsp3) is 0.467. The van der Waals surface area contributed by atoms with Crippen molar-refractivity contribution >= 4 is 10.0 Å². The lowest BCUT2D eigenvalue weighted by Gasteiger charge is -2.21. The summed E-state index contributed by atoms with van der Waals surface area (Å²) in [6.07, 6.45) is 3.33. The van der Waals surface area contributed by atoms with Crippen molar-refractivity contribution in [3.05, 3.63) is 41.7 Å². The van der Waals surface area contributed by atoms with E-state index in [1.54, 1.807) is 20.0 Å². The van der Waals surface area contributed by atoms with E-state index in [2.05, 4.69) is 11.9 Å². The zero-order valence-corrected chi connectivity index (χ0v) is 13.2. The van der Waals surface area contributed by atoms with Gasteiger partial charge in [-0.15, -0.1) is 6.58 Å². The Hall–Kier alpha value is -1.24. The summed E-state index contributed by atoms with van der Waals surface area (Å²) >= 11 is 0. The number of nitrogens with zero attached hydrogens (tertiary/aromatic N) is 1. The van der Waals surface area contributed by atoms with Crippen LogP contribution in [0.3, 0.4) is 0 Å². The molecule has 0 atom stereocenters. The van der Waals surface area contributed by atoms with Crippen LogP contribution in [-0.4, -0.2) is 32.4 Å². The summed E-state index contributed by atoms with van der Waals surface area (Å²) in [5, 5.41) is 2.86. The Bertz CT molecular complexity index is 639. The van der Waals surface area contributed by atoms with Crippen LogP contribution in [0.5, 0.6) is 0 Å². The standard InChI is InChI=1S/C15H21FN2O2S/c1-4-7-18(13-5-6-13)21(19,20)14-8-11(2)15(16)12(9-14)10-17-3/h4,8-9,13,17H,1,5-7,10H2,2-3H3. The second-order valence-corrected chi connectivity index (χ2v) is 7.23. The molecule has 1 saturated carbocycles. The number of nitrogens with one attached hydrogen (secondary N) is 1. The van der Waals surface area contributed by atoms with Gasteiger partial charge in [-0.3, -0.25) is 0 Å². The topological polar surface area (TPSA) is 49.4 Å². The minimum absolute atomic E-state index is 0.0473. The van der Waals surface area contributed by atoms with Crippen molar-refractivity contribution < 1.29 is 12.8 Å². The smallest absolute Gasteiger partial charge is 0.243 e. The molecule has 1 aromatic carbocycles. The van der Waals surface area contributed by atoms with E-state index < -0.39 is 10.0 Å². The van der Waals surface area contributed by atoms with Gasteiger partial charge in [-0.1, -0.05) is 6.08 Å². The van der Waals surface area contributed by atoms with Gasteiger partial charge in [0.2, 0.25) is 10.0 Å². The van der Waals surface area contributed by atoms with Crippen LogP contribution < -0.4 is 5.32 Å². The molecule has 1 aromatic rings. The van der Waals surface area contributed by atoms with Crippen molar-refractivity contribution in [1.82, 2.24) is 9.62 Å². The molecule has 1 fully saturated rings. The number of hydrogen-bond acceptors (Lipinski definition) is 3. The third-order valence-corrected chi connectivity index (χ3v) is 5.44. The molecule has 2 rings (SSSR count). The highest BCUT2D eigenvalue weighted by Crippen LogP contribution is 2.32. The van der Waals surface area contributed by atoms with Gasteiger partial charge in [0.25, 0.3) is 0 Å². The number of rotatable bonds is 7. The average Bonchev–Trinajstić information content (AvgIpc) is 3.25. The van der Waals surface area contributed by atoms with Gasteiger partial charge in [0.1, 0.15) is 5.82 Å². The summed E-state index contributed by atoms with van der Waals surface area (Å²) in [6.45, 7) is 5.78. The van der Waals surface area contributed by atoms with E-state index in [0.29, 0.717) is 17.7 Å². The molecular weight excluding hydrogens is 291 g/mol. The Labute approximate surface area is 125 Å². The minimum atomic E-state index is -3.61. The van der Waals surface area contributed by atoms with Gasteiger partial charge in [-0.2, -0.15) is 4.31 Å². The van der Waals surface area contributed by atoms with Crippen LogP contribution in [0.1, 0.15) is 24.0 Å². The predicted octanol–water partition coefficient (Wildman–Crippen LogP) is 2.19. The monoisotopic (exact) mass is 312 g/mol. The zero-order chi connectivity index (χ0) is 15.6. The molecular formula is C15H21FN2O2S. The summed E-state index contributed by atoms with van der Waals surface area (Å²) in [7, 11) is -1.91. The van der Waals surface area contributed by atoms with Gasteiger partial charge < -0.3 is 5.32 Å². The SMILES string of the molecule is C=CCN(C1CC1)S(=O)(=O)c1cc(C)c(F)c(CNC)c1. The lowest BCUT2D eigenvalue weighted by molar-refractivity contribution is 0.435. The average molecular weight is 312 g/mol. The molecule has 1 aliphatic carbocycles. The minimum Gasteiger partial charge on any atom is -0.316 e. The molecule has 116 valence electrons. The van der Waals surface area contributed by atoms with Gasteiger partial charge in [0.15, 0.2) is 0 Å². The van der Waals surface area contributed by atoms with Crippen LogP contribution >= 0.6 is 0 Å². The highest BCUT2D eigenvalue weighted by molar-refractivity contribution is 7.89. The van der Waals surface area contributed by atoms with E-state index >= 15 is 0 Å². The van der Waals surface area contributed by atoms with Crippen molar-refractivity contribution in [1.29, 1.82) is 0 Å². The molecule has 1 aliphatic rings. The molecule has 1 N–H and O–H groups in total. The maximum absolute atomic E-state index is 14.0. The van der Waals surface area contributed by atoms with Crippen LogP contribution in [0.15, 0.2) is 29.7 Å². The molecule has 0 amide bonds. The van der Waals surface area contributed by atoms with Gasteiger partial charge in [0, 0.05) is 24.7 Å². The van der Waals surface area contributed by atoms with Gasteiger partial charge in [-0.25, -0.2) is 12.8 Å². The zero-order valence-electron chi connectivity index (χ0n) is 12.4. The molecule has 4 nitrogen and oxygen atoms in total. The molecule has 6 heteroatoms. The Morgan fingerprint density at radius 2 is 2.14 bits per heavy atom. The number of hydrogen-bond donors (Lipinski definition) is 1. The molecule has 21 heavy (non-hydrogen) atoms. The second kappa shape index (κ2) is 6.25. The van der Waals surface area contributed by atoms with E-state index in [4.69, 9.17) is 0 Å². The van der Waals surface area contributed by atoms with E-state index in [1.165, 1.54) is 16.4 Å². The van der Waals surface area contributed by atoms with E-state index in [1.807, 2.05) is 0 Å². The van der Waals surface area contributed by atoms with Crippen LogP contribution in [0.2, 0.25) is 0 Å². The van der Waals surface area contributed by atoms with Crippen LogP contribution in [0, 0.1) is 12.7 Å². The Morgan fingerprint density at radius 3 is 2.67 bits per heavy atom. The first-order chi connectivity index (χ1) is 9.91. The molecule has 0 aromatic heterocycles. The molecule has 0 unspecified atom stereocenters. The summed E-state index contributed by atoms with van der Waals surface area (Å²) < 4.78 is 41.0. The lowest BCUT2D eigenvalue weighted by Crippen LogP contribution is -2.33. The van der Waals surface area contributed by atoms with Gasteiger partial charge >= 0.3 is 0 Å². The first kappa shape index (κ1) is 16.1. The Balaban J connectivity index is 2.45. The first-order valence-electron chi connectivity index (χ1n) is 6.98. The van der Waals surface area contributed by atoms with E-state index in [0.717, 1.165) is 12.8 Å². The maximum atomic E-state index is 14.0. The summed E-state index contributed by atoms with van der Waals surface area (Å²) in [4.78, 5) is 0.153. The fourth-order valence-corrected chi connectivity index (χ4v) is 4.14. The fourth-order valence-electron chi connectivity index (χ4n) is 2.34. The van der Waals surface area contributed by atoms with E-state index in [9.17, 15) is 12.8 Å². The van der Waals surface area contributed by atoms with Crippen LogP contribution in [0.25, 0.3) is 0 Å². The van der Waals surface area contributed by atoms with E-state index in [-0.39, 0.29) is 23.3 Å². The number of sulfonamides is 1. The van der Waals surface area contributed by atoms with Gasteiger partial charge in [-0.05, 0) is 44.5 Å². The number of aryl methyl sites for hydroxylation is 1. The van der Waals surface area contributed by atoms with Crippen molar-refractivity contribution in [2.45, 2.75) is 37.2 Å². The summed E-state index contributed by atoms with van der Waals surface area (Å²) in [6, 6.07) is 2.88. The lowest BCUT2D eigenvalue weighted by atomic mass is 10.1. The van der Waals surface area contributed by atoms with Crippen LogP contribution in [0.4, 0.5) is 4.39 Å². The van der Waals surface area contributed by atoms with Crippen molar-refractivity contribution in [2.24, 2.45) is 0 Å². The molecule has 0 bridgehead atoms. The third kappa shape index (κ3) is 3.33. The molecule has 0 aliphatic heterocycles. The van der Waals surface area contributed by atoms with Crippen LogP contribution in [-0.2, 0) is 16.6 Å². The summed E-state index contributed by atoms with van der Waals surface area (Å²) in [5.41, 5.74) is 0.709. The molecule has 0 heterocycles. The largest absolute Gasteiger partial charge is 0.316 e. The Morgan fingerprint density at radius 1 is 1.48 bits per heavy atom. The predicted molar refractivity (Wildman–Crippen MR) is 81.0 cm³/mol. The third-order valence-electron chi connectivity index (χ3n) is 3.54. The number of halogens is 1. The van der Waals surface area contributed by atoms with Gasteiger partial charge in [0.05, 0.1) is 4.90 Å². The number of benzene rings is 1. The van der Waals surface area contributed by atoms with Crippen molar-refractivity contribution in [3.8, 4) is 0 Å². The van der Waals surface area contributed by atoms with Crippen molar-refractivity contribution in [3.63, 3.8) is 0 Å². The highest BCUT2D eigenvalue weighted by Gasteiger charge is 2.37. The highest BCUT2D eigenvalue weighted by atomic mass is 32.2. The first-order valence-corrected chi connectivity index (χ1v) is 8.42. The quantitative estimate of drug-likeness (QED) is 0.785. The second-order valence-electron chi connectivity index (χ2n) is 5.34. The normalized spacial score (nSPS) is 15.4. The molecule has 0 radical (unpaired) electrons. The maximum Gasteiger partial charge on any atom is 0.243 e. The molecule has 0 saturated heterocycles. The van der Waals surface area contributed by atoms with Crippen molar-refractivity contribution in [2.75, 3.05) is 13.6 Å².